The van der Waals surface area contributed by atoms with Crippen LogP contribution in [-0.4, -0.2) is 20.9 Å². The van der Waals surface area contributed by atoms with Crippen molar-refractivity contribution < 1.29 is 13.2 Å². The molecule has 0 radical (unpaired) electrons. The molecule has 0 unspecified atom stereocenters. The molecule has 2 aromatic rings. The lowest BCUT2D eigenvalue weighted by Gasteiger charge is -2.02. The summed E-state index contributed by atoms with van der Waals surface area (Å²) in [5.41, 5.74) is 0.194. The van der Waals surface area contributed by atoms with Gasteiger partial charge in [-0.25, -0.2) is 17.9 Å². The molecule has 90 valence electrons. The number of nitrogens with zero attached hydrogens (tertiary/aromatic N) is 3. The van der Waals surface area contributed by atoms with E-state index < -0.39 is 17.5 Å². The maximum atomic E-state index is 13.4. The normalized spacial score (nSPS) is 10.8. The van der Waals surface area contributed by atoms with Crippen LogP contribution < -0.4 is 0 Å². The number of alkyl halides is 1. The molecule has 0 spiro atoms. The van der Waals surface area contributed by atoms with Gasteiger partial charge in [-0.2, -0.15) is 0 Å². The summed E-state index contributed by atoms with van der Waals surface area (Å²) < 4.78 is 40.3. The molecule has 2 rings (SSSR count). The minimum Gasteiger partial charge on any atom is -0.217 e. The van der Waals surface area contributed by atoms with Gasteiger partial charge in [0.25, 0.3) is 0 Å². The quantitative estimate of drug-likeness (QED) is 0.628. The Morgan fingerprint density at radius 2 is 2.00 bits per heavy atom. The average Bonchev–Trinajstić information content (AvgIpc) is 2.72. The van der Waals surface area contributed by atoms with Gasteiger partial charge in [0.05, 0.1) is 11.9 Å². The first-order valence-electron chi connectivity index (χ1n) is 4.74. The highest BCUT2D eigenvalue weighted by molar-refractivity contribution is 6.17. The molecule has 0 aliphatic carbocycles. The highest BCUT2D eigenvalue weighted by Gasteiger charge is 2.14. The molecule has 1 heterocycles. The molecule has 1 aromatic heterocycles. The van der Waals surface area contributed by atoms with Crippen molar-refractivity contribution in [1.82, 2.24) is 15.0 Å². The van der Waals surface area contributed by atoms with E-state index in [-0.39, 0.29) is 5.69 Å². The fourth-order valence-corrected chi connectivity index (χ4v) is 1.53. The topological polar surface area (TPSA) is 30.7 Å². The zero-order chi connectivity index (χ0) is 12.4. The predicted octanol–water partition coefficient (Wildman–Crippen LogP) is 2.47. The molecular weight excluding hydrogens is 255 g/mol. The number of benzene rings is 1. The molecule has 0 atom stereocenters. The van der Waals surface area contributed by atoms with Crippen LogP contribution in [0.1, 0.15) is 5.69 Å². The van der Waals surface area contributed by atoms with Crippen LogP contribution in [0.4, 0.5) is 13.2 Å². The van der Waals surface area contributed by atoms with Gasteiger partial charge in [0.1, 0.15) is 11.5 Å². The number of rotatable bonds is 3. The maximum absolute atomic E-state index is 13.4. The molecule has 0 amide bonds. The lowest BCUT2D eigenvalue weighted by atomic mass is 10.3. The maximum Gasteiger partial charge on any atom is 0.184 e. The van der Waals surface area contributed by atoms with E-state index in [1.165, 1.54) is 6.20 Å². The second kappa shape index (κ2) is 4.75. The average molecular weight is 262 g/mol. The Morgan fingerprint density at radius 1 is 1.24 bits per heavy atom. The van der Waals surface area contributed by atoms with Gasteiger partial charge < -0.3 is 0 Å². The Labute approximate surface area is 99.8 Å². The molecule has 0 saturated carbocycles. The van der Waals surface area contributed by atoms with Crippen molar-refractivity contribution in [2.24, 2.45) is 0 Å². The van der Waals surface area contributed by atoms with Crippen molar-refractivity contribution in [1.29, 1.82) is 0 Å². The van der Waals surface area contributed by atoms with Gasteiger partial charge in [-0.15, -0.1) is 16.7 Å². The van der Waals surface area contributed by atoms with Gasteiger partial charge >= 0.3 is 0 Å². The van der Waals surface area contributed by atoms with Crippen LogP contribution in [0, 0.1) is 17.5 Å². The fraction of sp³-hybridized carbons (Fsp3) is 0.200. The van der Waals surface area contributed by atoms with Gasteiger partial charge in [-0.3, -0.25) is 0 Å². The Kier molecular flexibility index (Phi) is 3.33. The summed E-state index contributed by atoms with van der Waals surface area (Å²) in [6, 6.07) is 1.31. The molecule has 3 nitrogen and oxygen atoms in total. The molecule has 17 heavy (non-hydrogen) atoms. The second-order valence-corrected chi connectivity index (χ2v) is 3.69. The van der Waals surface area contributed by atoms with Crippen LogP contribution in [-0.2, 0) is 6.42 Å². The highest BCUT2D eigenvalue weighted by Crippen LogP contribution is 2.17. The van der Waals surface area contributed by atoms with E-state index in [1.807, 2.05) is 0 Å². The molecule has 0 N–H and O–H groups in total. The van der Waals surface area contributed by atoms with Crippen LogP contribution in [0.5, 0.6) is 0 Å². The first kappa shape index (κ1) is 11.9. The zero-order valence-electron chi connectivity index (χ0n) is 8.50. The highest BCUT2D eigenvalue weighted by atomic mass is 35.5. The van der Waals surface area contributed by atoms with Crippen molar-refractivity contribution >= 4 is 11.6 Å². The molecule has 0 aliphatic heterocycles. The van der Waals surface area contributed by atoms with Crippen molar-refractivity contribution in [2.45, 2.75) is 6.42 Å². The van der Waals surface area contributed by atoms with Gasteiger partial charge in [-0.05, 0) is 0 Å². The van der Waals surface area contributed by atoms with Crippen LogP contribution in [0.15, 0.2) is 18.3 Å². The van der Waals surface area contributed by atoms with Crippen LogP contribution in [0.2, 0.25) is 0 Å². The van der Waals surface area contributed by atoms with Gasteiger partial charge in [0, 0.05) is 24.4 Å². The SMILES string of the molecule is Fc1cc(F)c(F)c(-n2cc(CCCl)nn2)c1. The third-order valence-electron chi connectivity index (χ3n) is 2.11. The predicted molar refractivity (Wildman–Crippen MR) is 55.7 cm³/mol. The van der Waals surface area contributed by atoms with Crippen molar-refractivity contribution in [2.75, 3.05) is 5.88 Å². The molecule has 7 heteroatoms. The Bertz CT molecular complexity index is 542. The third kappa shape index (κ3) is 2.41. The van der Waals surface area contributed by atoms with Crippen LogP contribution >= 0.6 is 11.6 Å². The van der Waals surface area contributed by atoms with E-state index >= 15 is 0 Å². The summed E-state index contributed by atoms with van der Waals surface area (Å²) in [6.45, 7) is 0. The summed E-state index contributed by atoms with van der Waals surface area (Å²) >= 11 is 5.50. The minimum atomic E-state index is -1.27. The molecule has 0 aliphatic rings. The van der Waals surface area contributed by atoms with E-state index in [2.05, 4.69) is 10.3 Å². The third-order valence-corrected chi connectivity index (χ3v) is 2.30. The fourth-order valence-electron chi connectivity index (χ4n) is 1.34. The van der Waals surface area contributed by atoms with E-state index in [1.54, 1.807) is 0 Å². The molecule has 0 fully saturated rings. The lowest BCUT2D eigenvalue weighted by molar-refractivity contribution is 0.487. The monoisotopic (exact) mass is 261 g/mol. The summed E-state index contributed by atoms with van der Waals surface area (Å²) in [5.74, 6) is -2.99. The molecule has 1 aromatic carbocycles. The van der Waals surface area contributed by atoms with Crippen molar-refractivity contribution in [3.8, 4) is 5.69 Å². The lowest BCUT2D eigenvalue weighted by Crippen LogP contribution is -2.02. The van der Waals surface area contributed by atoms with E-state index in [4.69, 9.17) is 11.6 Å². The number of hydrogen-bond donors (Lipinski definition) is 0. The van der Waals surface area contributed by atoms with Gasteiger partial charge in [0.15, 0.2) is 11.6 Å². The Balaban J connectivity index is 2.44. The zero-order valence-corrected chi connectivity index (χ0v) is 9.26. The van der Waals surface area contributed by atoms with E-state index in [0.717, 1.165) is 10.7 Å². The summed E-state index contributed by atoms with van der Waals surface area (Å²) in [6.07, 6.45) is 1.82. The van der Waals surface area contributed by atoms with Crippen LogP contribution in [0.3, 0.4) is 0 Å². The minimum absolute atomic E-state index is 0.323. The standard InChI is InChI=1S/C10H7ClF3N3/c11-2-1-7-5-17(16-15-7)9-4-6(12)3-8(13)10(9)14/h3-5H,1-2H2. The van der Waals surface area contributed by atoms with Crippen LogP contribution in [0.25, 0.3) is 5.69 Å². The van der Waals surface area contributed by atoms with Gasteiger partial charge in [-0.1, -0.05) is 5.21 Å². The number of aryl methyl sites for hydroxylation is 1. The van der Waals surface area contributed by atoms with E-state index in [9.17, 15) is 13.2 Å². The van der Waals surface area contributed by atoms with E-state index in [0.29, 0.717) is 24.1 Å². The molecular formula is C10H7ClF3N3. The Morgan fingerprint density at radius 3 is 2.71 bits per heavy atom. The second-order valence-electron chi connectivity index (χ2n) is 3.31. The van der Waals surface area contributed by atoms with Crippen molar-refractivity contribution in [3.63, 3.8) is 0 Å². The number of hydrogen-bond acceptors (Lipinski definition) is 2. The first-order chi connectivity index (χ1) is 8.11. The first-order valence-corrected chi connectivity index (χ1v) is 5.27. The smallest absolute Gasteiger partial charge is 0.184 e. The molecule has 0 bridgehead atoms. The number of halogens is 4. The van der Waals surface area contributed by atoms with Crippen molar-refractivity contribution in [3.05, 3.63) is 41.5 Å². The summed E-state index contributed by atoms with van der Waals surface area (Å²) in [5, 5.41) is 7.28. The Hall–Kier alpha value is -1.56. The largest absolute Gasteiger partial charge is 0.217 e. The number of aromatic nitrogens is 3. The summed E-state index contributed by atoms with van der Waals surface area (Å²) in [4.78, 5) is 0. The van der Waals surface area contributed by atoms with Gasteiger partial charge in [0.2, 0.25) is 0 Å². The molecule has 0 saturated heterocycles. The summed E-state index contributed by atoms with van der Waals surface area (Å²) in [7, 11) is 0.